The summed E-state index contributed by atoms with van der Waals surface area (Å²) in [6, 6.07) is 8.43. The highest BCUT2D eigenvalue weighted by molar-refractivity contribution is 5.74. The lowest BCUT2D eigenvalue weighted by Crippen LogP contribution is -2.37. The molecule has 0 saturated heterocycles. The minimum absolute atomic E-state index is 0.283. The molecule has 4 heteroatoms. The maximum Gasteiger partial charge on any atom is 0.0958 e. The number of benzene rings is 1. The first-order valence-corrected chi connectivity index (χ1v) is 9.37. The van der Waals surface area contributed by atoms with Crippen molar-refractivity contribution >= 4 is 17.1 Å². The van der Waals surface area contributed by atoms with Crippen molar-refractivity contribution in [1.29, 1.82) is 0 Å². The molecular formula is C21H24N4. The molecule has 0 aliphatic heterocycles. The third-order valence-corrected chi connectivity index (χ3v) is 6.51. The standard InChI is InChI=1S/C21H24N4/c1-21-12-15-13-23-24-19(15)11-17(21)6-4-5-16(21)9-10-25-14-22-18-7-2-3-8-20(18)25/h2-3,7-8,11,13-14,16H,4-6,9-10,12H2,1H3,(H,23,24)/t16-,21-/m1/s1. The maximum absolute atomic E-state index is 4.54. The minimum Gasteiger partial charge on any atom is -0.331 e. The summed E-state index contributed by atoms with van der Waals surface area (Å²) in [6.45, 7) is 3.52. The van der Waals surface area contributed by atoms with E-state index in [0.29, 0.717) is 0 Å². The molecule has 1 N–H and O–H groups in total. The smallest absolute Gasteiger partial charge is 0.0958 e. The number of rotatable bonds is 3. The molecule has 5 rings (SSSR count). The Balaban J connectivity index is 1.40. The lowest BCUT2D eigenvalue weighted by Gasteiger charge is -2.46. The number of aryl methyl sites for hydroxylation is 1. The second-order valence-corrected chi connectivity index (χ2v) is 7.88. The lowest BCUT2D eigenvalue weighted by atomic mass is 9.59. The molecule has 3 aromatic rings. The van der Waals surface area contributed by atoms with E-state index in [2.05, 4.69) is 57.0 Å². The Morgan fingerprint density at radius 3 is 3.20 bits per heavy atom. The summed E-state index contributed by atoms with van der Waals surface area (Å²) in [7, 11) is 0. The Labute approximate surface area is 148 Å². The SMILES string of the molecule is C[C@]12Cc3cn[nH]c3C=C1CCC[C@@H]2CCn1cnc2ccccc21. The molecular weight excluding hydrogens is 308 g/mol. The third-order valence-electron chi connectivity index (χ3n) is 6.51. The van der Waals surface area contributed by atoms with E-state index in [9.17, 15) is 0 Å². The molecule has 0 amide bonds. The summed E-state index contributed by atoms with van der Waals surface area (Å²) in [5.41, 5.74) is 6.86. The fourth-order valence-corrected chi connectivity index (χ4v) is 5.00. The number of hydrogen-bond donors (Lipinski definition) is 1. The number of allylic oxidation sites excluding steroid dienone is 1. The van der Waals surface area contributed by atoms with Crippen molar-refractivity contribution in [1.82, 2.24) is 19.7 Å². The molecule has 2 aromatic heterocycles. The van der Waals surface area contributed by atoms with E-state index in [1.54, 1.807) is 5.57 Å². The van der Waals surface area contributed by atoms with Crippen LogP contribution < -0.4 is 0 Å². The number of para-hydroxylation sites is 2. The number of aromatic amines is 1. The van der Waals surface area contributed by atoms with Crippen LogP contribution in [0.2, 0.25) is 0 Å². The molecule has 2 aliphatic rings. The van der Waals surface area contributed by atoms with Crippen molar-refractivity contribution in [2.75, 3.05) is 0 Å². The van der Waals surface area contributed by atoms with Crippen LogP contribution in [0.3, 0.4) is 0 Å². The van der Waals surface area contributed by atoms with Crippen molar-refractivity contribution in [3.05, 3.63) is 53.6 Å². The van der Waals surface area contributed by atoms with Gasteiger partial charge in [-0.05, 0) is 67.2 Å². The number of aromatic nitrogens is 4. The predicted molar refractivity (Wildman–Crippen MR) is 100 cm³/mol. The summed E-state index contributed by atoms with van der Waals surface area (Å²) in [6.07, 6.45) is 12.6. The molecule has 128 valence electrons. The quantitative estimate of drug-likeness (QED) is 0.762. The largest absolute Gasteiger partial charge is 0.331 e. The predicted octanol–water partition coefficient (Wildman–Crippen LogP) is 4.60. The molecule has 0 bridgehead atoms. The summed E-state index contributed by atoms with van der Waals surface area (Å²) in [5.74, 6) is 0.719. The number of imidazole rings is 1. The lowest BCUT2D eigenvalue weighted by molar-refractivity contribution is 0.164. The summed E-state index contributed by atoms with van der Waals surface area (Å²) in [5, 5.41) is 7.42. The first kappa shape index (κ1) is 14.9. The molecule has 2 atom stereocenters. The first-order valence-electron chi connectivity index (χ1n) is 9.37. The van der Waals surface area contributed by atoms with Gasteiger partial charge in [-0.1, -0.05) is 24.6 Å². The van der Waals surface area contributed by atoms with Crippen molar-refractivity contribution in [2.24, 2.45) is 11.3 Å². The van der Waals surface area contributed by atoms with Crippen LogP contribution in [0.4, 0.5) is 0 Å². The Bertz CT molecular complexity index is 948. The van der Waals surface area contributed by atoms with Gasteiger partial charge in [0.25, 0.3) is 0 Å². The number of H-pyrrole nitrogens is 1. The zero-order valence-electron chi connectivity index (χ0n) is 14.7. The molecule has 0 spiro atoms. The highest BCUT2D eigenvalue weighted by Gasteiger charge is 2.42. The topological polar surface area (TPSA) is 46.5 Å². The fraction of sp³-hybridized carbons (Fsp3) is 0.429. The van der Waals surface area contributed by atoms with Gasteiger partial charge in [-0.25, -0.2) is 4.98 Å². The van der Waals surface area contributed by atoms with E-state index in [4.69, 9.17) is 0 Å². The van der Waals surface area contributed by atoms with Gasteiger partial charge in [0.2, 0.25) is 0 Å². The fourth-order valence-electron chi connectivity index (χ4n) is 5.00. The Morgan fingerprint density at radius 2 is 2.24 bits per heavy atom. The second-order valence-electron chi connectivity index (χ2n) is 7.88. The van der Waals surface area contributed by atoms with Crippen LogP contribution in [0, 0.1) is 11.3 Å². The average molecular weight is 332 g/mol. The highest BCUT2D eigenvalue weighted by atomic mass is 15.1. The molecule has 25 heavy (non-hydrogen) atoms. The van der Waals surface area contributed by atoms with Gasteiger partial charge < -0.3 is 4.57 Å². The van der Waals surface area contributed by atoms with Crippen molar-refractivity contribution < 1.29 is 0 Å². The highest BCUT2D eigenvalue weighted by Crippen LogP contribution is 2.51. The molecule has 1 saturated carbocycles. The molecule has 0 radical (unpaired) electrons. The van der Waals surface area contributed by atoms with Crippen molar-refractivity contribution in [3.8, 4) is 0 Å². The van der Waals surface area contributed by atoms with Crippen LogP contribution >= 0.6 is 0 Å². The number of nitrogens with one attached hydrogen (secondary N) is 1. The zero-order valence-corrected chi connectivity index (χ0v) is 14.7. The van der Waals surface area contributed by atoms with Crippen LogP contribution in [-0.2, 0) is 13.0 Å². The zero-order chi connectivity index (χ0) is 16.9. The average Bonchev–Trinajstić information content (AvgIpc) is 3.24. The molecule has 4 nitrogen and oxygen atoms in total. The van der Waals surface area contributed by atoms with Gasteiger partial charge >= 0.3 is 0 Å². The Kier molecular flexibility index (Phi) is 3.34. The van der Waals surface area contributed by atoms with Gasteiger partial charge in [-0.3, -0.25) is 5.10 Å². The second kappa shape index (κ2) is 5.58. The van der Waals surface area contributed by atoms with E-state index in [0.717, 1.165) is 24.4 Å². The Morgan fingerprint density at radius 1 is 1.32 bits per heavy atom. The third kappa shape index (κ3) is 2.35. The summed E-state index contributed by atoms with van der Waals surface area (Å²) < 4.78 is 2.32. The molecule has 1 aromatic carbocycles. The normalized spacial score (nSPS) is 25.5. The van der Waals surface area contributed by atoms with E-state index in [1.165, 1.54) is 42.5 Å². The first-order chi connectivity index (χ1) is 12.2. The van der Waals surface area contributed by atoms with Crippen LogP contribution in [0.15, 0.2) is 42.4 Å². The number of fused-ring (bicyclic) bond motifs is 3. The van der Waals surface area contributed by atoms with Gasteiger partial charge in [0, 0.05) is 6.54 Å². The van der Waals surface area contributed by atoms with E-state index < -0.39 is 0 Å². The molecule has 1 fully saturated rings. The van der Waals surface area contributed by atoms with E-state index >= 15 is 0 Å². The van der Waals surface area contributed by atoms with E-state index in [-0.39, 0.29) is 5.41 Å². The van der Waals surface area contributed by atoms with Crippen LogP contribution in [0.25, 0.3) is 17.1 Å². The maximum atomic E-state index is 4.54. The molecule has 2 heterocycles. The summed E-state index contributed by atoms with van der Waals surface area (Å²) in [4.78, 5) is 4.54. The van der Waals surface area contributed by atoms with Gasteiger partial charge in [-0.15, -0.1) is 0 Å². The minimum atomic E-state index is 0.283. The van der Waals surface area contributed by atoms with Gasteiger partial charge in [0.05, 0.1) is 29.3 Å². The van der Waals surface area contributed by atoms with Gasteiger partial charge in [0.1, 0.15) is 0 Å². The van der Waals surface area contributed by atoms with Crippen LogP contribution in [0.5, 0.6) is 0 Å². The number of nitrogens with zero attached hydrogens (tertiary/aromatic N) is 3. The van der Waals surface area contributed by atoms with Crippen molar-refractivity contribution in [3.63, 3.8) is 0 Å². The van der Waals surface area contributed by atoms with Gasteiger partial charge in [-0.2, -0.15) is 5.10 Å². The van der Waals surface area contributed by atoms with Crippen LogP contribution in [-0.4, -0.2) is 19.7 Å². The summed E-state index contributed by atoms with van der Waals surface area (Å²) >= 11 is 0. The Hall–Kier alpha value is -2.36. The van der Waals surface area contributed by atoms with E-state index in [1.807, 2.05) is 12.5 Å². The monoisotopic (exact) mass is 332 g/mol. The van der Waals surface area contributed by atoms with Crippen molar-refractivity contribution in [2.45, 2.75) is 45.6 Å². The number of hydrogen-bond acceptors (Lipinski definition) is 2. The van der Waals surface area contributed by atoms with Gasteiger partial charge in [0.15, 0.2) is 0 Å². The molecule has 0 unspecified atom stereocenters. The van der Waals surface area contributed by atoms with Crippen LogP contribution in [0.1, 0.15) is 43.9 Å². The molecule has 2 aliphatic carbocycles.